The summed E-state index contributed by atoms with van der Waals surface area (Å²) in [6.45, 7) is 4.67. The van der Waals surface area contributed by atoms with Gasteiger partial charge in [0.05, 0.1) is 0 Å². The Morgan fingerprint density at radius 1 is 0.846 bits per heavy atom. The minimum Gasteiger partial charge on any atom is -0.316 e. The average molecular weight is 297 g/mol. The van der Waals surface area contributed by atoms with Crippen LogP contribution >= 0.6 is 22.6 Å². The Labute approximate surface area is 97.2 Å². The third-order valence-electron chi connectivity index (χ3n) is 2.23. The fourth-order valence-electron chi connectivity index (χ4n) is 1.40. The smallest absolute Gasteiger partial charge is 0.0121 e. The van der Waals surface area contributed by atoms with Crippen molar-refractivity contribution < 1.29 is 0 Å². The van der Waals surface area contributed by atoms with Crippen molar-refractivity contribution in [3.63, 3.8) is 0 Å². The van der Waals surface area contributed by atoms with Gasteiger partial charge in [0, 0.05) is 11.0 Å². The maximum absolute atomic E-state index is 3.43. The van der Waals surface area contributed by atoms with Gasteiger partial charge in [0.25, 0.3) is 0 Å². The van der Waals surface area contributed by atoms with Crippen molar-refractivity contribution in [3.8, 4) is 0 Å². The van der Waals surface area contributed by atoms with Crippen molar-refractivity contribution in [1.82, 2.24) is 5.32 Å². The van der Waals surface area contributed by atoms with E-state index in [9.17, 15) is 0 Å². The highest BCUT2D eigenvalue weighted by atomic mass is 127. The number of unbranched alkanes of at least 4 members (excludes halogenated alkanes) is 6. The predicted octanol–water partition coefficient (Wildman–Crippen LogP) is 3.76. The molecule has 1 nitrogen and oxygen atoms in total. The zero-order valence-electron chi connectivity index (χ0n) is 8.95. The Morgan fingerprint density at radius 3 is 2.08 bits per heavy atom. The molecule has 1 N–H and O–H groups in total. The van der Waals surface area contributed by atoms with Gasteiger partial charge in [-0.2, -0.15) is 0 Å². The molecule has 0 unspecified atom stereocenters. The summed E-state index contributed by atoms with van der Waals surface area (Å²) in [5, 5.41) is 3.43. The molecule has 2 heteroatoms. The molecule has 0 atom stereocenters. The van der Waals surface area contributed by atoms with Gasteiger partial charge in [-0.3, -0.25) is 0 Å². The summed E-state index contributed by atoms with van der Waals surface area (Å²) in [5.41, 5.74) is 0. The van der Waals surface area contributed by atoms with Gasteiger partial charge in [-0.05, 0) is 13.0 Å². The van der Waals surface area contributed by atoms with E-state index in [2.05, 4.69) is 34.8 Å². The second kappa shape index (κ2) is 12.7. The minimum absolute atomic E-state index is 1.18. The van der Waals surface area contributed by atoms with E-state index in [-0.39, 0.29) is 0 Å². The van der Waals surface area contributed by atoms with Gasteiger partial charge >= 0.3 is 0 Å². The molecule has 0 aliphatic rings. The van der Waals surface area contributed by atoms with Crippen LogP contribution in [0.4, 0.5) is 0 Å². The highest BCUT2D eigenvalue weighted by Crippen LogP contribution is 2.06. The Morgan fingerprint density at radius 2 is 1.46 bits per heavy atom. The van der Waals surface area contributed by atoms with E-state index in [0.717, 1.165) is 0 Å². The lowest BCUT2D eigenvalue weighted by molar-refractivity contribution is 0.570. The quantitative estimate of drug-likeness (QED) is 0.368. The van der Waals surface area contributed by atoms with E-state index >= 15 is 0 Å². The molecule has 0 saturated carbocycles. The van der Waals surface area contributed by atoms with Crippen molar-refractivity contribution in [2.75, 3.05) is 17.5 Å². The molecule has 0 aromatic carbocycles. The van der Waals surface area contributed by atoms with Crippen molar-refractivity contribution in [2.24, 2.45) is 0 Å². The summed E-state index contributed by atoms with van der Waals surface area (Å²) in [5.74, 6) is 0. The minimum atomic E-state index is 1.18. The van der Waals surface area contributed by atoms with E-state index in [1.165, 1.54) is 62.5 Å². The molecule has 13 heavy (non-hydrogen) atoms. The maximum atomic E-state index is 3.43. The summed E-state index contributed by atoms with van der Waals surface area (Å²) < 4.78 is 1.23. The van der Waals surface area contributed by atoms with Gasteiger partial charge in [0.1, 0.15) is 0 Å². The van der Waals surface area contributed by atoms with E-state index in [1.807, 2.05) is 0 Å². The van der Waals surface area contributed by atoms with Crippen LogP contribution in [0.25, 0.3) is 0 Å². The lowest BCUT2D eigenvalue weighted by Crippen LogP contribution is -2.17. The van der Waals surface area contributed by atoms with E-state index in [0.29, 0.717) is 0 Å². The van der Waals surface area contributed by atoms with Crippen molar-refractivity contribution in [3.05, 3.63) is 0 Å². The summed E-state index contributed by atoms with van der Waals surface area (Å²) in [4.78, 5) is 0. The molecule has 0 bridgehead atoms. The fourth-order valence-corrected chi connectivity index (χ4v) is 1.78. The Balaban J connectivity index is 2.76. The highest BCUT2D eigenvalue weighted by molar-refractivity contribution is 14.1. The van der Waals surface area contributed by atoms with Crippen LogP contribution in [0, 0.1) is 0 Å². The molecule has 0 aliphatic carbocycles. The number of hydrogen-bond donors (Lipinski definition) is 1. The SMILES string of the molecule is CCCCCCCCCNCCI. The zero-order valence-corrected chi connectivity index (χ0v) is 11.1. The summed E-state index contributed by atoms with van der Waals surface area (Å²) in [6.07, 6.45) is 9.88. The van der Waals surface area contributed by atoms with Gasteiger partial charge in [-0.25, -0.2) is 0 Å². The van der Waals surface area contributed by atoms with Crippen LogP contribution in [0.1, 0.15) is 51.9 Å². The monoisotopic (exact) mass is 297 g/mol. The first-order valence-electron chi connectivity index (χ1n) is 5.68. The van der Waals surface area contributed by atoms with Crippen LogP contribution < -0.4 is 5.32 Å². The van der Waals surface area contributed by atoms with Crippen LogP contribution in [-0.4, -0.2) is 17.5 Å². The number of halogens is 1. The largest absolute Gasteiger partial charge is 0.316 e. The van der Waals surface area contributed by atoms with Crippen LogP contribution in [-0.2, 0) is 0 Å². The summed E-state index contributed by atoms with van der Waals surface area (Å²) >= 11 is 2.41. The number of alkyl halides is 1. The number of nitrogens with one attached hydrogen (secondary N) is 1. The van der Waals surface area contributed by atoms with Crippen LogP contribution in [0.2, 0.25) is 0 Å². The standard InChI is InChI=1S/C11H24IN/c1-2-3-4-5-6-7-8-10-13-11-9-12/h13H,2-11H2,1H3. The first-order valence-corrected chi connectivity index (χ1v) is 7.21. The third-order valence-corrected chi connectivity index (χ3v) is 2.77. The Kier molecular flexibility index (Phi) is 13.4. The molecule has 0 amide bonds. The average Bonchev–Trinajstić information content (AvgIpc) is 2.16. The summed E-state index contributed by atoms with van der Waals surface area (Å²) in [6, 6.07) is 0. The van der Waals surface area contributed by atoms with Crippen LogP contribution in [0.3, 0.4) is 0 Å². The highest BCUT2D eigenvalue weighted by Gasteiger charge is 1.90. The van der Waals surface area contributed by atoms with E-state index in [1.54, 1.807) is 0 Å². The zero-order chi connectivity index (χ0) is 9.78. The van der Waals surface area contributed by atoms with Gasteiger partial charge in [-0.1, -0.05) is 68.0 Å². The topological polar surface area (TPSA) is 12.0 Å². The predicted molar refractivity (Wildman–Crippen MR) is 69.7 cm³/mol. The van der Waals surface area contributed by atoms with Gasteiger partial charge in [-0.15, -0.1) is 0 Å². The second-order valence-corrected chi connectivity index (χ2v) is 4.64. The molecule has 0 heterocycles. The third kappa shape index (κ3) is 12.7. The van der Waals surface area contributed by atoms with Gasteiger partial charge in [0.2, 0.25) is 0 Å². The van der Waals surface area contributed by atoms with Crippen LogP contribution in [0.15, 0.2) is 0 Å². The fraction of sp³-hybridized carbons (Fsp3) is 1.00. The first-order chi connectivity index (χ1) is 6.41. The lowest BCUT2D eigenvalue weighted by atomic mass is 10.1. The van der Waals surface area contributed by atoms with Crippen molar-refractivity contribution in [2.45, 2.75) is 51.9 Å². The van der Waals surface area contributed by atoms with Crippen molar-refractivity contribution in [1.29, 1.82) is 0 Å². The molecule has 0 fully saturated rings. The number of rotatable bonds is 10. The van der Waals surface area contributed by atoms with Gasteiger partial charge < -0.3 is 5.32 Å². The molecule has 0 aromatic rings. The molecule has 0 radical (unpaired) electrons. The van der Waals surface area contributed by atoms with Crippen molar-refractivity contribution >= 4 is 22.6 Å². The molecule has 80 valence electrons. The Bertz CT molecular complexity index is 76.2. The molecule has 0 saturated heterocycles. The molecule has 0 spiro atoms. The summed E-state index contributed by atoms with van der Waals surface area (Å²) in [7, 11) is 0. The Hall–Kier alpha value is 0.690. The number of hydrogen-bond acceptors (Lipinski definition) is 1. The van der Waals surface area contributed by atoms with Crippen LogP contribution in [0.5, 0.6) is 0 Å². The van der Waals surface area contributed by atoms with E-state index < -0.39 is 0 Å². The molecule has 0 rings (SSSR count). The first kappa shape index (κ1) is 13.7. The van der Waals surface area contributed by atoms with E-state index in [4.69, 9.17) is 0 Å². The molecular formula is C11H24IN. The normalized spacial score (nSPS) is 10.6. The van der Waals surface area contributed by atoms with Gasteiger partial charge in [0.15, 0.2) is 0 Å². The molecule has 0 aromatic heterocycles. The molecular weight excluding hydrogens is 273 g/mol. The second-order valence-electron chi connectivity index (χ2n) is 3.56. The molecule has 0 aliphatic heterocycles. The lowest BCUT2D eigenvalue weighted by Gasteiger charge is -2.02. The maximum Gasteiger partial charge on any atom is 0.0121 e.